The average molecular weight is 455 g/mol. The monoisotopic (exact) mass is 454 g/mol. The van der Waals surface area contributed by atoms with E-state index in [1.165, 1.54) is 36.6 Å². The van der Waals surface area contributed by atoms with Crippen LogP contribution in [0.25, 0.3) is 5.78 Å². The molecule has 1 fully saturated rings. The molecule has 4 rings (SSSR count). The van der Waals surface area contributed by atoms with Crippen LogP contribution in [0.2, 0.25) is 0 Å². The fourth-order valence-corrected chi connectivity index (χ4v) is 4.76. The van der Waals surface area contributed by atoms with E-state index in [2.05, 4.69) is 37.4 Å². The lowest BCUT2D eigenvalue weighted by Crippen LogP contribution is -2.41. The molecule has 3 heterocycles. The third-order valence-corrected chi connectivity index (χ3v) is 6.59. The minimum atomic E-state index is -0.0229. The van der Waals surface area contributed by atoms with E-state index in [0.29, 0.717) is 17.5 Å². The molecule has 0 saturated carbocycles. The predicted molar refractivity (Wildman–Crippen MR) is 125 cm³/mol. The van der Waals surface area contributed by atoms with Crippen LogP contribution >= 0.6 is 11.8 Å². The number of aryl methyl sites for hydroxylation is 2. The molecule has 2 aromatic heterocycles. The van der Waals surface area contributed by atoms with Gasteiger partial charge in [0.1, 0.15) is 5.75 Å². The highest BCUT2D eigenvalue weighted by molar-refractivity contribution is 7.99. The number of nitrogens with one attached hydrogen (secondary N) is 1. The van der Waals surface area contributed by atoms with Crippen LogP contribution in [-0.4, -0.2) is 62.9 Å². The van der Waals surface area contributed by atoms with Crippen LogP contribution in [0.1, 0.15) is 42.3 Å². The van der Waals surface area contributed by atoms with Crippen molar-refractivity contribution in [3.05, 3.63) is 47.3 Å². The number of amides is 1. The molecule has 1 N–H and O–H groups in total. The molecule has 32 heavy (non-hydrogen) atoms. The summed E-state index contributed by atoms with van der Waals surface area (Å²) in [6.45, 7) is 6.58. The summed E-state index contributed by atoms with van der Waals surface area (Å²) in [4.78, 5) is 23.9. The van der Waals surface area contributed by atoms with Gasteiger partial charge < -0.3 is 10.1 Å². The van der Waals surface area contributed by atoms with Gasteiger partial charge >= 0.3 is 0 Å². The Morgan fingerprint density at radius 2 is 1.91 bits per heavy atom. The predicted octanol–water partition coefficient (Wildman–Crippen LogP) is 3.19. The second-order valence-electron chi connectivity index (χ2n) is 8.12. The Labute approximate surface area is 192 Å². The van der Waals surface area contributed by atoms with Gasteiger partial charge in [0, 0.05) is 17.9 Å². The fourth-order valence-electron chi connectivity index (χ4n) is 4.11. The number of rotatable bonds is 8. The second kappa shape index (κ2) is 10.3. The highest BCUT2D eigenvalue weighted by atomic mass is 32.2. The van der Waals surface area contributed by atoms with Crippen molar-refractivity contribution in [3.8, 4) is 5.75 Å². The van der Waals surface area contributed by atoms with Crippen LogP contribution in [0, 0.1) is 13.8 Å². The van der Waals surface area contributed by atoms with E-state index in [4.69, 9.17) is 4.74 Å². The molecule has 1 aliphatic heterocycles. The molecule has 9 heteroatoms. The molecule has 170 valence electrons. The number of hydrogen-bond acceptors (Lipinski definition) is 7. The highest BCUT2D eigenvalue weighted by Crippen LogP contribution is 2.26. The summed E-state index contributed by atoms with van der Waals surface area (Å²) >= 11 is 1.33. The molecule has 0 aliphatic carbocycles. The molecule has 1 atom stereocenters. The van der Waals surface area contributed by atoms with Gasteiger partial charge in [0.25, 0.3) is 5.78 Å². The van der Waals surface area contributed by atoms with Crippen molar-refractivity contribution in [2.24, 2.45) is 0 Å². The number of piperidine rings is 1. The number of likely N-dealkylation sites (tertiary alicyclic amines) is 1. The number of fused-ring (bicyclic) bond motifs is 1. The summed E-state index contributed by atoms with van der Waals surface area (Å²) in [5.41, 5.74) is 3.07. The molecule has 8 nitrogen and oxygen atoms in total. The van der Waals surface area contributed by atoms with Crippen molar-refractivity contribution in [1.29, 1.82) is 0 Å². The van der Waals surface area contributed by atoms with E-state index in [1.807, 2.05) is 32.0 Å². The van der Waals surface area contributed by atoms with E-state index in [-0.39, 0.29) is 17.7 Å². The Balaban J connectivity index is 1.37. The van der Waals surface area contributed by atoms with Gasteiger partial charge in [-0.3, -0.25) is 9.69 Å². The first-order valence-electron chi connectivity index (χ1n) is 11.0. The first-order chi connectivity index (χ1) is 15.5. The van der Waals surface area contributed by atoms with Gasteiger partial charge in [-0.2, -0.15) is 4.98 Å². The maximum atomic E-state index is 12.6. The van der Waals surface area contributed by atoms with Crippen molar-refractivity contribution in [2.75, 3.05) is 32.5 Å². The van der Waals surface area contributed by atoms with Crippen LogP contribution in [0.4, 0.5) is 0 Å². The van der Waals surface area contributed by atoms with E-state index >= 15 is 0 Å². The molecule has 0 bridgehead atoms. The quantitative estimate of drug-likeness (QED) is 0.523. The van der Waals surface area contributed by atoms with E-state index in [0.717, 1.165) is 30.2 Å². The number of carbonyl (C=O) groups is 1. The number of benzene rings is 1. The molecular formula is C23H30N6O2S. The number of carbonyl (C=O) groups excluding carboxylic acids is 1. The molecule has 1 saturated heterocycles. The third kappa shape index (κ3) is 5.39. The van der Waals surface area contributed by atoms with Gasteiger partial charge in [0.15, 0.2) is 0 Å². The van der Waals surface area contributed by atoms with Crippen LogP contribution in [0.15, 0.2) is 35.5 Å². The number of nitrogens with zero attached hydrogens (tertiary/aromatic N) is 5. The van der Waals surface area contributed by atoms with Crippen LogP contribution in [-0.2, 0) is 4.79 Å². The Morgan fingerprint density at radius 1 is 1.16 bits per heavy atom. The minimum absolute atomic E-state index is 0.0229. The summed E-state index contributed by atoms with van der Waals surface area (Å²) < 4.78 is 7.01. The fraction of sp³-hybridized carbons (Fsp3) is 0.478. The maximum absolute atomic E-state index is 12.6. The first-order valence-corrected chi connectivity index (χ1v) is 12.0. The zero-order valence-corrected chi connectivity index (χ0v) is 19.7. The van der Waals surface area contributed by atoms with Crippen molar-refractivity contribution in [1.82, 2.24) is 29.8 Å². The largest absolute Gasteiger partial charge is 0.497 e. The summed E-state index contributed by atoms with van der Waals surface area (Å²) in [5.74, 6) is 1.65. The van der Waals surface area contributed by atoms with Gasteiger partial charge in [0.2, 0.25) is 11.1 Å². The molecule has 0 radical (unpaired) electrons. The Hall–Kier alpha value is -2.65. The second-order valence-corrected chi connectivity index (χ2v) is 9.07. The lowest BCUT2D eigenvalue weighted by atomic mass is 10.0. The Kier molecular flexibility index (Phi) is 7.26. The number of hydrogen-bond donors (Lipinski definition) is 1. The van der Waals surface area contributed by atoms with Crippen LogP contribution in [0.3, 0.4) is 0 Å². The Bertz CT molecular complexity index is 1060. The van der Waals surface area contributed by atoms with Crippen molar-refractivity contribution >= 4 is 23.4 Å². The van der Waals surface area contributed by atoms with E-state index in [9.17, 15) is 4.79 Å². The summed E-state index contributed by atoms with van der Waals surface area (Å²) in [7, 11) is 1.67. The highest BCUT2D eigenvalue weighted by Gasteiger charge is 2.23. The van der Waals surface area contributed by atoms with Crippen LogP contribution < -0.4 is 10.1 Å². The smallest absolute Gasteiger partial charge is 0.253 e. The summed E-state index contributed by atoms with van der Waals surface area (Å²) in [5, 5.41) is 8.14. The maximum Gasteiger partial charge on any atom is 0.253 e. The van der Waals surface area contributed by atoms with Gasteiger partial charge in [-0.05, 0) is 63.5 Å². The normalized spacial score (nSPS) is 15.6. The zero-order chi connectivity index (χ0) is 22.5. The van der Waals surface area contributed by atoms with Crippen molar-refractivity contribution in [3.63, 3.8) is 0 Å². The third-order valence-electron chi connectivity index (χ3n) is 5.76. The number of aromatic nitrogens is 4. The molecule has 1 aromatic carbocycles. The molecule has 1 aliphatic rings. The average Bonchev–Trinajstić information content (AvgIpc) is 3.22. The lowest BCUT2D eigenvalue weighted by molar-refractivity contribution is -0.118. The molecular weight excluding hydrogens is 424 g/mol. The van der Waals surface area contributed by atoms with Gasteiger partial charge in [0.05, 0.1) is 18.9 Å². The minimum Gasteiger partial charge on any atom is -0.497 e. The van der Waals surface area contributed by atoms with E-state index in [1.54, 1.807) is 11.6 Å². The summed E-state index contributed by atoms with van der Waals surface area (Å²) in [6, 6.07) is 10.3. The standard InChI is InChI=1S/C23H30N6O2S/c1-16-13-17(2)29-22(25-16)26-23(27-29)32-15-21(30)24-14-20(28-11-5-4-6-12-28)18-7-9-19(31-3)10-8-18/h7-10,13,20H,4-6,11-12,14-15H2,1-3H3,(H,24,30). The van der Waals surface area contributed by atoms with Gasteiger partial charge in [-0.15, -0.1) is 5.10 Å². The molecule has 1 amide bonds. The van der Waals surface area contributed by atoms with Gasteiger partial charge in [-0.1, -0.05) is 30.3 Å². The molecule has 0 spiro atoms. The number of thioether (sulfide) groups is 1. The number of methoxy groups -OCH3 is 1. The zero-order valence-electron chi connectivity index (χ0n) is 18.9. The van der Waals surface area contributed by atoms with E-state index < -0.39 is 0 Å². The SMILES string of the molecule is COc1ccc(C(CNC(=O)CSc2nc3nc(C)cc(C)n3n2)N2CCCCC2)cc1. The molecule has 1 unspecified atom stereocenters. The van der Waals surface area contributed by atoms with Crippen LogP contribution in [0.5, 0.6) is 5.75 Å². The molecule has 3 aromatic rings. The summed E-state index contributed by atoms with van der Waals surface area (Å²) in [6.07, 6.45) is 3.67. The van der Waals surface area contributed by atoms with Gasteiger partial charge in [-0.25, -0.2) is 9.50 Å². The number of ether oxygens (including phenoxy) is 1. The topological polar surface area (TPSA) is 84.6 Å². The Morgan fingerprint density at radius 3 is 2.62 bits per heavy atom. The van der Waals surface area contributed by atoms with Crippen molar-refractivity contribution < 1.29 is 9.53 Å². The van der Waals surface area contributed by atoms with Crippen molar-refractivity contribution in [2.45, 2.75) is 44.3 Å². The lowest BCUT2D eigenvalue weighted by Gasteiger charge is -2.35. The first kappa shape index (κ1) is 22.5.